The zero-order chi connectivity index (χ0) is 15.0. The smallest absolute Gasteiger partial charge is 0.123 e. The second kappa shape index (κ2) is 5.53. The molecule has 0 spiro atoms. The molecule has 1 N–H and O–H groups in total. The highest BCUT2D eigenvalue weighted by atomic mass is 79.9. The maximum atomic E-state index is 13.5. The summed E-state index contributed by atoms with van der Waals surface area (Å²) in [6, 6.07) is 10.7. The highest BCUT2D eigenvalue weighted by molar-refractivity contribution is 9.10. The van der Waals surface area contributed by atoms with E-state index in [2.05, 4.69) is 20.9 Å². The van der Waals surface area contributed by atoms with Crippen molar-refractivity contribution >= 4 is 26.8 Å². The molecule has 0 amide bonds. The van der Waals surface area contributed by atoms with Gasteiger partial charge in [-0.2, -0.15) is 0 Å². The molecule has 4 heteroatoms. The number of hydrogen-bond acceptors (Lipinski definition) is 1. The van der Waals surface area contributed by atoms with Crippen molar-refractivity contribution in [2.24, 2.45) is 0 Å². The largest absolute Gasteiger partial charge is 0.497 e. The summed E-state index contributed by atoms with van der Waals surface area (Å²) in [4.78, 5) is 3.31. The minimum atomic E-state index is -0.215. The van der Waals surface area contributed by atoms with E-state index < -0.39 is 0 Å². The molecule has 0 aliphatic heterocycles. The zero-order valence-electron chi connectivity index (χ0n) is 11.8. The van der Waals surface area contributed by atoms with E-state index in [1.54, 1.807) is 19.2 Å². The van der Waals surface area contributed by atoms with Gasteiger partial charge in [0.25, 0.3) is 0 Å². The van der Waals surface area contributed by atoms with Crippen LogP contribution in [0.4, 0.5) is 4.39 Å². The maximum Gasteiger partial charge on any atom is 0.123 e. The van der Waals surface area contributed by atoms with Crippen molar-refractivity contribution in [3.05, 3.63) is 63.5 Å². The second-order valence-corrected chi connectivity index (χ2v) is 5.91. The third-order valence-electron chi connectivity index (χ3n) is 3.70. The molecule has 0 fully saturated rings. The summed E-state index contributed by atoms with van der Waals surface area (Å²) >= 11 is 3.57. The van der Waals surface area contributed by atoms with Gasteiger partial charge in [-0.1, -0.05) is 15.9 Å². The van der Waals surface area contributed by atoms with Crippen LogP contribution in [-0.4, -0.2) is 12.1 Å². The molecule has 2 nitrogen and oxygen atoms in total. The number of methoxy groups -OCH3 is 1. The molecule has 0 radical (unpaired) electrons. The van der Waals surface area contributed by atoms with E-state index in [9.17, 15) is 4.39 Å². The first kappa shape index (κ1) is 14.1. The summed E-state index contributed by atoms with van der Waals surface area (Å²) in [6.07, 6.45) is 0.715. The topological polar surface area (TPSA) is 25.0 Å². The predicted octanol–water partition coefficient (Wildman–Crippen LogP) is 4.98. The number of ether oxygens (including phenoxy) is 1. The summed E-state index contributed by atoms with van der Waals surface area (Å²) in [7, 11) is 1.65. The number of aromatic amines is 1. The number of fused-ring (bicyclic) bond motifs is 1. The van der Waals surface area contributed by atoms with Crippen LogP contribution in [0.15, 0.2) is 40.9 Å². The quantitative estimate of drug-likeness (QED) is 0.710. The monoisotopic (exact) mass is 347 g/mol. The third-order valence-corrected chi connectivity index (χ3v) is 4.48. The number of hydrogen-bond donors (Lipinski definition) is 1. The lowest BCUT2D eigenvalue weighted by Crippen LogP contribution is -1.93. The molecule has 3 aromatic rings. The van der Waals surface area contributed by atoms with Crippen LogP contribution in [0.25, 0.3) is 10.9 Å². The van der Waals surface area contributed by atoms with E-state index in [0.29, 0.717) is 6.42 Å². The van der Waals surface area contributed by atoms with Gasteiger partial charge in [-0.05, 0) is 54.4 Å². The van der Waals surface area contributed by atoms with Gasteiger partial charge in [0, 0.05) is 27.5 Å². The highest BCUT2D eigenvalue weighted by Crippen LogP contribution is 2.30. The van der Waals surface area contributed by atoms with E-state index in [0.717, 1.165) is 37.9 Å². The van der Waals surface area contributed by atoms with Crippen molar-refractivity contribution in [3.8, 4) is 5.75 Å². The minimum Gasteiger partial charge on any atom is -0.497 e. The van der Waals surface area contributed by atoms with Crippen LogP contribution < -0.4 is 4.74 Å². The Labute approximate surface area is 131 Å². The Bertz CT molecular complexity index is 810. The van der Waals surface area contributed by atoms with Gasteiger partial charge < -0.3 is 9.72 Å². The molecule has 0 atom stereocenters. The molecular formula is C17H15BrFNO. The Kier molecular flexibility index (Phi) is 3.72. The van der Waals surface area contributed by atoms with Gasteiger partial charge in [0.05, 0.1) is 7.11 Å². The summed E-state index contributed by atoms with van der Waals surface area (Å²) in [5, 5.41) is 0.933. The van der Waals surface area contributed by atoms with Crippen LogP contribution >= 0.6 is 15.9 Å². The van der Waals surface area contributed by atoms with Crippen molar-refractivity contribution in [1.29, 1.82) is 0 Å². The molecule has 2 aromatic carbocycles. The van der Waals surface area contributed by atoms with Crippen LogP contribution in [-0.2, 0) is 6.42 Å². The van der Waals surface area contributed by atoms with E-state index in [1.165, 1.54) is 6.07 Å². The standard InChI is InChI=1S/C17H15BrFNO/c1-10-14(15-9-12(19)3-6-17(15)20-10)8-11-7-13(21-2)4-5-16(11)18/h3-7,9,20H,8H2,1-2H3. The van der Waals surface area contributed by atoms with E-state index in [-0.39, 0.29) is 5.82 Å². The van der Waals surface area contributed by atoms with Crippen molar-refractivity contribution in [2.45, 2.75) is 13.3 Å². The lowest BCUT2D eigenvalue weighted by atomic mass is 10.0. The van der Waals surface area contributed by atoms with Gasteiger partial charge in [0.2, 0.25) is 0 Å². The fourth-order valence-electron chi connectivity index (χ4n) is 2.59. The fraction of sp³-hybridized carbons (Fsp3) is 0.176. The summed E-state index contributed by atoms with van der Waals surface area (Å²) in [5.74, 6) is 0.601. The average molecular weight is 348 g/mol. The third kappa shape index (κ3) is 2.68. The van der Waals surface area contributed by atoms with Crippen LogP contribution in [0, 0.1) is 12.7 Å². The summed E-state index contributed by atoms with van der Waals surface area (Å²) < 4.78 is 19.8. The number of H-pyrrole nitrogens is 1. The number of halogens is 2. The maximum absolute atomic E-state index is 13.5. The number of rotatable bonds is 3. The summed E-state index contributed by atoms with van der Waals surface area (Å²) in [5.41, 5.74) is 4.24. The molecule has 21 heavy (non-hydrogen) atoms. The first-order chi connectivity index (χ1) is 10.1. The number of nitrogens with one attached hydrogen (secondary N) is 1. The van der Waals surface area contributed by atoms with Gasteiger partial charge in [-0.25, -0.2) is 4.39 Å². The summed E-state index contributed by atoms with van der Waals surface area (Å²) in [6.45, 7) is 2.02. The van der Waals surface area contributed by atoms with E-state index >= 15 is 0 Å². The van der Waals surface area contributed by atoms with Crippen LogP contribution in [0.2, 0.25) is 0 Å². The van der Waals surface area contributed by atoms with Crippen molar-refractivity contribution in [1.82, 2.24) is 4.98 Å². The van der Waals surface area contributed by atoms with Gasteiger partial charge in [-0.3, -0.25) is 0 Å². The Hall–Kier alpha value is -1.81. The average Bonchev–Trinajstić information content (AvgIpc) is 2.77. The molecule has 0 unspecified atom stereocenters. The van der Waals surface area contributed by atoms with Crippen molar-refractivity contribution in [2.75, 3.05) is 7.11 Å². The molecular weight excluding hydrogens is 333 g/mol. The van der Waals surface area contributed by atoms with Gasteiger partial charge in [0.1, 0.15) is 11.6 Å². The molecule has 0 aliphatic rings. The second-order valence-electron chi connectivity index (χ2n) is 5.05. The van der Waals surface area contributed by atoms with Gasteiger partial charge in [0.15, 0.2) is 0 Å². The Balaban J connectivity index is 2.09. The number of benzene rings is 2. The minimum absolute atomic E-state index is 0.215. The first-order valence-electron chi connectivity index (χ1n) is 6.67. The molecule has 0 bridgehead atoms. The number of aromatic nitrogens is 1. The Morgan fingerprint density at radius 1 is 1.19 bits per heavy atom. The van der Waals surface area contributed by atoms with Gasteiger partial charge in [-0.15, -0.1) is 0 Å². The molecule has 1 aromatic heterocycles. The van der Waals surface area contributed by atoms with E-state index in [4.69, 9.17) is 4.74 Å². The Morgan fingerprint density at radius 3 is 2.76 bits per heavy atom. The molecule has 0 aliphatic carbocycles. The molecule has 1 heterocycles. The molecule has 0 saturated heterocycles. The first-order valence-corrected chi connectivity index (χ1v) is 7.47. The lowest BCUT2D eigenvalue weighted by Gasteiger charge is -2.08. The van der Waals surface area contributed by atoms with Crippen LogP contribution in [0.1, 0.15) is 16.8 Å². The van der Waals surface area contributed by atoms with Gasteiger partial charge >= 0.3 is 0 Å². The Morgan fingerprint density at radius 2 is 2.00 bits per heavy atom. The van der Waals surface area contributed by atoms with Crippen molar-refractivity contribution < 1.29 is 9.13 Å². The fourth-order valence-corrected chi connectivity index (χ4v) is 2.97. The normalized spacial score (nSPS) is 11.0. The number of aryl methyl sites for hydroxylation is 1. The molecule has 3 rings (SSSR count). The molecule has 0 saturated carbocycles. The van der Waals surface area contributed by atoms with Crippen molar-refractivity contribution in [3.63, 3.8) is 0 Å². The predicted molar refractivity (Wildman–Crippen MR) is 86.5 cm³/mol. The van der Waals surface area contributed by atoms with Crippen LogP contribution in [0.3, 0.4) is 0 Å². The van der Waals surface area contributed by atoms with Crippen LogP contribution in [0.5, 0.6) is 5.75 Å². The molecule has 108 valence electrons. The SMILES string of the molecule is COc1ccc(Br)c(Cc2c(C)[nH]c3ccc(F)cc23)c1. The van der Waals surface area contributed by atoms with E-state index in [1.807, 2.05) is 25.1 Å². The highest BCUT2D eigenvalue weighted by Gasteiger charge is 2.12. The zero-order valence-corrected chi connectivity index (χ0v) is 13.4. The lowest BCUT2D eigenvalue weighted by molar-refractivity contribution is 0.414.